The summed E-state index contributed by atoms with van der Waals surface area (Å²) in [6.07, 6.45) is 2.17. The van der Waals surface area contributed by atoms with Gasteiger partial charge in [-0.2, -0.15) is 0 Å². The molecule has 0 atom stereocenters. The predicted octanol–water partition coefficient (Wildman–Crippen LogP) is 2.74. The number of sulfonamides is 1. The van der Waals surface area contributed by atoms with E-state index in [0.717, 1.165) is 37.2 Å². The lowest BCUT2D eigenvalue weighted by molar-refractivity contribution is 0.202. The van der Waals surface area contributed by atoms with Gasteiger partial charge in [-0.05, 0) is 83.4 Å². The number of hydrogen-bond acceptors (Lipinski definition) is 4. The molecule has 1 aromatic rings. The molecule has 6 heteroatoms. The third kappa shape index (κ3) is 4.71. The van der Waals surface area contributed by atoms with E-state index >= 15 is 0 Å². The van der Waals surface area contributed by atoms with Crippen LogP contribution in [0.15, 0.2) is 23.1 Å². The normalized spacial score (nSPS) is 17.6. The molecule has 1 aliphatic heterocycles. The van der Waals surface area contributed by atoms with Gasteiger partial charge in [-0.15, -0.1) is 0 Å². The number of nitrogens with zero attached hydrogens (tertiary/aromatic N) is 2. The van der Waals surface area contributed by atoms with Crippen molar-refractivity contribution in [3.63, 3.8) is 0 Å². The van der Waals surface area contributed by atoms with Crippen molar-refractivity contribution in [2.24, 2.45) is 5.92 Å². The van der Waals surface area contributed by atoms with Crippen molar-refractivity contribution in [3.05, 3.63) is 23.8 Å². The molecule has 0 bridgehead atoms. The van der Waals surface area contributed by atoms with Crippen LogP contribution in [0.5, 0.6) is 5.75 Å². The van der Waals surface area contributed by atoms with E-state index in [0.29, 0.717) is 17.4 Å². The van der Waals surface area contributed by atoms with Gasteiger partial charge in [0.05, 0.1) is 11.0 Å². The van der Waals surface area contributed by atoms with Gasteiger partial charge in [0.25, 0.3) is 0 Å². The zero-order valence-electron chi connectivity index (χ0n) is 15.4. The van der Waals surface area contributed by atoms with Gasteiger partial charge < -0.3 is 9.64 Å². The molecule has 0 aliphatic carbocycles. The fourth-order valence-corrected chi connectivity index (χ4v) is 4.39. The van der Waals surface area contributed by atoms with E-state index in [1.165, 1.54) is 4.31 Å². The highest BCUT2D eigenvalue weighted by molar-refractivity contribution is 7.89. The molecule has 1 aliphatic rings. The Morgan fingerprint density at radius 3 is 2.46 bits per heavy atom. The molecular weight excluding hydrogens is 324 g/mol. The molecular formula is C18H30N2O3S. The van der Waals surface area contributed by atoms with Crippen LogP contribution in [0.1, 0.15) is 32.3 Å². The quantitative estimate of drug-likeness (QED) is 0.788. The zero-order valence-corrected chi connectivity index (χ0v) is 16.3. The van der Waals surface area contributed by atoms with Crippen LogP contribution in [-0.2, 0) is 10.0 Å². The van der Waals surface area contributed by atoms with Gasteiger partial charge in [-0.1, -0.05) is 0 Å². The van der Waals surface area contributed by atoms with Gasteiger partial charge in [0.15, 0.2) is 0 Å². The molecule has 0 N–H and O–H groups in total. The maximum atomic E-state index is 12.8. The van der Waals surface area contributed by atoms with E-state index in [1.807, 2.05) is 20.8 Å². The number of aryl methyl sites for hydroxylation is 1. The summed E-state index contributed by atoms with van der Waals surface area (Å²) >= 11 is 0. The maximum Gasteiger partial charge on any atom is 0.242 e. The monoisotopic (exact) mass is 354 g/mol. The van der Waals surface area contributed by atoms with Gasteiger partial charge in [0.1, 0.15) is 5.75 Å². The number of ether oxygens (including phenoxy) is 1. The molecule has 136 valence electrons. The molecule has 1 aromatic carbocycles. The van der Waals surface area contributed by atoms with E-state index in [1.54, 1.807) is 25.2 Å². The minimum absolute atomic E-state index is 0.0678. The van der Waals surface area contributed by atoms with Crippen molar-refractivity contribution in [3.8, 4) is 5.75 Å². The van der Waals surface area contributed by atoms with Crippen molar-refractivity contribution in [1.82, 2.24) is 9.21 Å². The first-order valence-electron chi connectivity index (χ1n) is 8.62. The van der Waals surface area contributed by atoms with Gasteiger partial charge >= 0.3 is 0 Å². The van der Waals surface area contributed by atoms with Crippen molar-refractivity contribution in [1.29, 1.82) is 0 Å². The number of piperidine rings is 1. The molecule has 24 heavy (non-hydrogen) atoms. The summed E-state index contributed by atoms with van der Waals surface area (Å²) in [5, 5.41) is 0. The summed E-state index contributed by atoms with van der Waals surface area (Å²) in [5.41, 5.74) is 0.845. The third-order valence-corrected chi connectivity index (χ3v) is 6.39. The summed E-state index contributed by atoms with van der Waals surface area (Å²) in [7, 11) is 0.338. The topological polar surface area (TPSA) is 49.9 Å². The van der Waals surface area contributed by atoms with Crippen LogP contribution in [0.25, 0.3) is 0 Å². The first-order valence-corrected chi connectivity index (χ1v) is 10.1. The van der Waals surface area contributed by atoms with Crippen LogP contribution in [-0.4, -0.2) is 57.5 Å². The van der Waals surface area contributed by atoms with E-state index in [-0.39, 0.29) is 6.10 Å². The molecule has 1 saturated heterocycles. The SMILES string of the molecule is Cc1cc(S(=O)(=O)N(C)CC2CCN(C)CC2)ccc1OC(C)C. The van der Waals surface area contributed by atoms with Crippen molar-refractivity contribution < 1.29 is 13.2 Å². The van der Waals surface area contributed by atoms with E-state index in [4.69, 9.17) is 4.74 Å². The Hall–Kier alpha value is -1.11. The number of rotatable bonds is 6. The summed E-state index contributed by atoms with van der Waals surface area (Å²) in [4.78, 5) is 2.63. The van der Waals surface area contributed by atoms with Crippen LogP contribution < -0.4 is 4.74 Å². The van der Waals surface area contributed by atoms with Crippen LogP contribution in [0.3, 0.4) is 0 Å². The Morgan fingerprint density at radius 2 is 1.92 bits per heavy atom. The van der Waals surface area contributed by atoms with Crippen molar-refractivity contribution >= 4 is 10.0 Å². The fourth-order valence-electron chi connectivity index (χ4n) is 3.05. The molecule has 0 radical (unpaired) electrons. The average molecular weight is 355 g/mol. The molecule has 0 aromatic heterocycles. The largest absolute Gasteiger partial charge is 0.491 e. The highest BCUT2D eigenvalue weighted by atomic mass is 32.2. The Kier molecular flexibility index (Phi) is 6.28. The van der Waals surface area contributed by atoms with Gasteiger partial charge in [0, 0.05) is 13.6 Å². The first-order chi connectivity index (χ1) is 11.2. The Balaban J connectivity index is 2.10. The second kappa shape index (κ2) is 7.85. The summed E-state index contributed by atoms with van der Waals surface area (Å²) in [6.45, 7) is 8.46. The highest BCUT2D eigenvalue weighted by Gasteiger charge is 2.26. The second-order valence-electron chi connectivity index (χ2n) is 7.13. The molecule has 0 spiro atoms. The molecule has 1 fully saturated rings. The molecule has 1 heterocycles. The highest BCUT2D eigenvalue weighted by Crippen LogP contribution is 2.26. The Labute approximate surface area is 146 Å². The smallest absolute Gasteiger partial charge is 0.242 e. The van der Waals surface area contributed by atoms with E-state index in [2.05, 4.69) is 11.9 Å². The first kappa shape index (κ1) is 19.2. The van der Waals surface area contributed by atoms with Crippen LogP contribution in [0.2, 0.25) is 0 Å². The summed E-state index contributed by atoms with van der Waals surface area (Å²) in [6, 6.07) is 5.11. The van der Waals surface area contributed by atoms with E-state index in [9.17, 15) is 8.42 Å². The minimum atomic E-state index is -3.46. The lowest BCUT2D eigenvalue weighted by Gasteiger charge is -2.31. The van der Waals surface area contributed by atoms with Crippen LogP contribution >= 0.6 is 0 Å². The zero-order chi connectivity index (χ0) is 17.9. The Bertz CT molecular complexity index is 650. The standard InChI is InChI=1S/C18H30N2O3S/c1-14(2)23-18-7-6-17(12-15(18)3)24(21,22)20(5)13-16-8-10-19(4)11-9-16/h6-7,12,14,16H,8-11,13H2,1-5H3. The predicted molar refractivity (Wildman–Crippen MR) is 97.0 cm³/mol. The van der Waals surface area contributed by atoms with Gasteiger partial charge in [-0.3, -0.25) is 0 Å². The number of benzene rings is 1. The van der Waals surface area contributed by atoms with Crippen LogP contribution in [0.4, 0.5) is 0 Å². The third-order valence-electron chi connectivity index (χ3n) is 4.57. The molecule has 0 unspecified atom stereocenters. The molecule has 5 nitrogen and oxygen atoms in total. The molecule has 0 amide bonds. The second-order valence-corrected chi connectivity index (χ2v) is 9.17. The average Bonchev–Trinajstić information content (AvgIpc) is 2.51. The van der Waals surface area contributed by atoms with Crippen LogP contribution in [0, 0.1) is 12.8 Å². The molecule has 2 rings (SSSR count). The summed E-state index contributed by atoms with van der Waals surface area (Å²) < 4.78 is 32.9. The number of likely N-dealkylation sites (tertiary alicyclic amines) is 1. The van der Waals surface area contributed by atoms with Crippen molar-refractivity contribution in [2.75, 3.05) is 33.7 Å². The Morgan fingerprint density at radius 1 is 1.29 bits per heavy atom. The van der Waals surface area contributed by atoms with Gasteiger partial charge in [-0.25, -0.2) is 12.7 Å². The van der Waals surface area contributed by atoms with E-state index < -0.39 is 10.0 Å². The van der Waals surface area contributed by atoms with Crippen molar-refractivity contribution in [2.45, 2.75) is 44.6 Å². The van der Waals surface area contributed by atoms with Gasteiger partial charge in [0.2, 0.25) is 10.0 Å². The lowest BCUT2D eigenvalue weighted by atomic mass is 9.97. The number of hydrogen-bond donors (Lipinski definition) is 0. The maximum absolute atomic E-state index is 12.8. The lowest BCUT2D eigenvalue weighted by Crippen LogP contribution is -2.37. The summed E-state index contributed by atoms with van der Waals surface area (Å²) in [5.74, 6) is 1.17. The minimum Gasteiger partial charge on any atom is -0.491 e. The fraction of sp³-hybridized carbons (Fsp3) is 0.667. The molecule has 0 saturated carbocycles.